The number of hydrogen-bond acceptors (Lipinski definition) is 3. The molecule has 102 valence electrons. The van der Waals surface area contributed by atoms with E-state index in [2.05, 4.69) is 44.9 Å². The van der Waals surface area contributed by atoms with Crippen molar-refractivity contribution in [2.24, 2.45) is 17.1 Å². The molecular weight excluding hydrogens is 224 g/mol. The van der Waals surface area contributed by atoms with Crippen molar-refractivity contribution >= 4 is 0 Å². The minimum Gasteiger partial charge on any atom is -0.464 e. The lowest BCUT2D eigenvalue weighted by Crippen LogP contribution is -2.36. The Morgan fingerprint density at radius 1 is 1.44 bits per heavy atom. The second-order valence-corrected chi connectivity index (χ2v) is 6.66. The largest absolute Gasteiger partial charge is 0.464 e. The molecule has 0 aliphatic heterocycles. The molecule has 2 N–H and O–H groups in total. The first-order valence-corrected chi connectivity index (χ1v) is 6.88. The molecule has 0 aromatic carbocycles. The Balaban J connectivity index is 1.87. The number of hydrogen-bond donors (Lipinski definition) is 1. The van der Waals surface area contributed by atoms with Gasteiger partial charge in [-0.25, -0.2) is 0 Å². The van der Waals surface area contributed by atoms with Gasteiger partial charge in [-0.05, 0) is 43.5 Å². The predicted octanol–water partition coefficient (Wildman–Crippen LogP) is 2.82. The van der Waals surface area contributed by atoms with Crippen LogP contribution in [0.15, 0.2) is 16.5 Å². The zero-order valence-corrected chi connectivity index (χ0v) is 12.1. The van der Waals surface area contributed by atoms with E-state index in [1.807, 2.05) is 0 Å². The van der Waals surface area contributed by atoms with Crippen molar-refractivity contribution in [1.82, 2.24) is 4.90 Å². The van der Waals surface area contributed by atoms with Gasteiger partial charge in [0.15, 0.2) is 0 Å². The fourth-order valence-corrected chi connectivity index (χ4v) is 2.51. The zero-order valence-electron chi connectivity index (χ0n) is 12.1. The van der Waals surface area contributed by atoms with Gasteiger partial charge >= 0.3 is 0 Å². The quantitative estimate of drug-likeness (QED) is 0.844. The monoisotopic (exact) mass is 250 g/mol. The van der Waals surface area contributed by atoms with E-state index in [9.17, 15) is 0 Å². The van der Waals surface area contributed by atoms with Crippen molar-refractivity contribution in [3.05, 3.63) is 23.7 Å². The molecule has 18 heavy (non-hydrogen) atoms. The number of rotatable bonds is 6. The van der Waals surface area contributed by atoms with Crippen LogP contribution >= 0.6 is 0 Å². The highest BCUT2D eigenvalue weighted by atomic mass is 16.3. The van der Waals surface area contributed by atoms with E-state index in [-0.39, 0.29) is 5.41 Å². The van der Waals surface area contributed by atoms with Gasteiger partial charge in [0.2, 0.25) is 0 Å². The molecule has 3 heteroatoms. The molecule has 1 saturated carbocycles. The maximum atomic E-state index is 5.92. The highest BCUT2D eigenvalue weighted by Gasteiger charge is 2.36. The molecule has 3 nitrogen and oxygen atoms in total. The van der Waals surface area contributed by atoms with Crippen molar-refractivity contribution in [2.45, 2.75) is 39.7 Å². The van der Waals surface area contributed by atoms with Gasteiger partial charge in [-0.1, -0.05) is 20.8 Å². The number of nitrogens with two attached hydrogens (primary N) is 1. The molecule has 1 aromatic heterocycles. The SMILES string of the molecule is CC1CC1c1ccc(CN(C)CC(C)(C)CN)o1. The lowest BCUT2D eigenvalue weighted by Gasteiger charge is -2.28. The predicted molar refractivity (Wildman–Crippen MR) is 74.4 cm³/mol. The summed E-state index contributed by atoms with van der Waals surface area (Å²) in [5.41, 5.74) is 5.93. The van der Waals surface area contributed by atoms with Crippen molar-refractivity contribution in [3.8, 4) is 0 Å². The van der Waals surface area contributed by atoms with Gasteiger partial charge in [-0.3, -0.25) is 4.90 Å². The summed E-state index contributed by atoms with van der Waals surface area (Å²) < 4.78 is 5.92. The molecule has 0 amide bonds. The molecule has 0 bridgehead atoms. The minimum atomic E-state index is 0.162. The average molecular weight is 250 g/mol. The van der Waals surface area contributed by atoms with Crippen LogP contribution < -0.4 is 5.73 Å². The maximum absolute atomic E-state index is 5.92. The fraction of sp³-hybridized carbons (Fsp3) is 0.733. The topological polar surface area (TPSA) is 42.4 Å². The van der Waals surface area contributed by atoms with Gasteiger partial charge < -0.3 is 10.2 Å². The van der Waals surface area contributed by atoms with Gasteiger partial charge in [-0.2, -0.15) is 0 Å². The first kappa shape index (κ1) is 13.6. The summed E-state index contributed by atoms with van der Waals surface area (Å²) in [6, 6.07) is 4.26. The summed E-state index contributed by atoms with van der Waals surface area (Å²) in [5.74, 6) is 3.71. The molecule has 1 aliphatic rings. The third kappa shape index (κ3) is 3.36. The van der Waals surface area contributed by atoms with Gasteiger partial charge in [0, 0.05) is 12.5 Å². The summed E-state index contributed by atoms with van der Waals surface area (Å²) in [4.78, 5) is 2.28. The Hall–Kier alpha value is -0.800. The van der Waals surface area contributed by atoms with Crippen molar-refractivity contribution in [2.75, 3.05) is 20.1 Å². The third-order valence-electron chi connectivity index (χ3n) is 3.83. The summed E-state index contributed by atoms with van der Waals surface area (Å²) in [6.07, 6.45) is 1.28. The molecule has 2 unspecified atom stereocenters. The highest BCUT2D eigenvalue weighted by Crippen LogP contribution is 2.47. The summed E-state index contributed by atoms with van der Waals surface area (Å²) in [7, 11) is 2.12. The molecular formula is C15H26N2O. The molecule has 2 atom stereocenters. The van der Waals surface area contributed by atoms with Crippen LogP contribution in [0.4, 0.5) is 0 Å². The molecule has 1 aliphatic carbocycles. The van der Waals surface area contributed by atoms with Gasteiger partial charge in [-0.15, -0.1) is 0 Å². The Kier molecular flexibility index (Phi) is 3.83. The molecule has 1 fully saturated rings. The van der Waals surface area contributed by atoms with Crippen molar-refractivity contribution < 1.29 is 4.42 Å². The van der Waals surface area contributed by atoms with E-state index in [1.54, 1.807) is 0 Å². The van der Waals surface area contributed by atoms with Crippen molar-refractivity contribution in [3.63, 3.8) is 0 Å². The zero-order chi connectivity index (χ0) is 13.3. The Labute approximate surface area is 110 Å². The maximum Gasteiger partial charge on any atom is 0.118 e. The third-order valence-corrected chi connectivity index (χ3v) is 3.83. The van der Waals surface area contributed by atoms with E-state index < -0.39 is 0 Å². The summed E-state index contributed by atoms with van der Waals surface area (Å²) >= 11 is 0. The Morgan fingerprint density at radius 3 is 2.67 bits per heavy atom. The van der Waals surface area contributed by atoms with Crippen LogP contribution in [-0.2, 0) is 6.54 Å². The lowest BCUT2D eigenvalue weighted by molar-refractivity contribution is 0.197. The van der Waals surface area contributed by atoms with Crippen LogP contribution in [0, 0.1) is 11.3 Å². The molecule has 0 saturated heterocycles. The highest BCUT2D eigenvalue weighted by molar-refractivity contribution is 5.17. The first-order valence-electron chi connectivity index (χ1n) is 6.88. The Bertz CT molecular complexity index is 397. The standard InChI is InChI=1S/C15H26N2O/c1-11-7-13(11)14-6-5-12(18-14)8-17(4)10-15(2,3)9-16/h5-6,11,13H,7-10,16H2,1-4H3. The first-order chi connectivity index (χ1) is 8.41. The fourth-order valence-electron chi connectivity index (χ4n) is 2.51. The van der Waals surface area contributed by atoms with E-state index in [0.29, 0.717) is 12.5 Å². The average Bonchev–Trinajstić information content (AvgIpc) is 2.83. The minimum absolute atomic E-state index is 0.162. The second-order valence-electron chi connectivity index (χ2n) is 6.66. The summed E-state index contributed by atoms with van der Waals surface area (Å²) in [6.45, 7) is 9.23. The molecule has 0 spiro atoms. The molecule has 0 radical (unpaired) electrons. The van der Waals surface area contributed by atoms with E-state index >= 15 is 0 Å². The van der Waals surface area contributed by atoms with Crippen LogP contribution in [-0.4, -0.2) is 25.0 Å². The van der Waals surface area contributed by atoms with Gasteiger partial charge in [0.1, 0.15) is 11.5 Å². The van der Waals surface area contributed by atoms with Gasteiger partial charge in [0.05, 0.1) is 6.54 Å². The molecule has 1 heterocycles. The Morgan fingerprint density at radius 2 is 2.11 bits per heavy atom. The number of furan rings is 1. The van der Waals surface area contributed by atoms with Crippen LogP contribution in [0.5, 0.6) is 0 Å². The van der Waals surface area contributed by atoms with Crippen LogP contribution in [0.1, 0.15) is 44.6 Å². The van der Waals surface area contributed by atoms with Crippen molar-refractivity contribution in [1.29, 1.82) is 0 Å². The second kappa shape index (κ2) is 5.06. The number of nitrogens with zero attached hydrogens (tertiary/aromatic N) is 1. The smallest absolute Gasteiger partial charge is 0.118 e. The molecule has 2 rings (SSSR count). The van der Waals surface area contributed by atoms with Gasteiger partial charge in [0.25, 0.3) is 0 Å². The lowest BCUT2D eigenvalue weighted by atomic mass is 9.93. The molecule has 1 aromatic rings. The summed E-state index contributed by atoms with van der Waals surface area (Å²) in [5, 5.41) is 0. The van der Waals surface area contributed by atoms with E-state index in [4.69, 9.17) is 10.2 Å². The van der Waals surface area contributed by atoms with Crippen LogP contribution in [0.3, 0.4) is 0 Å². The van der Waals surface area contributed by atoms with E-state index in [0.717, 1.165) is 24.8 Å². The van der Waals surface area contributed by atoms with E-state index in [1.165, 1.54) is 12.2 Å². The van der Waals surface area contributed by atoms with Crippen LogP contribution in [0.2, 0.25) is 0 Å². The van der Waals surface area contributed by atoms with Crippen LogP contribution in [0.25, 0.3) is 0 Å². The normalized spacial score (nSPS) is 23.7.